The van der Waals surface area contributed by atoms with E-state index >= 15 is 0 Å². The highest BCUT2D eigenvalue weighted by Gasteiger charge is 2.22. The molecule has 1 rings (SSSR count). The fraction of sp³-hybridized carbons (Fsp3) is 0.300. The van der Waals surface area contributed by atoms with E-state index in [1.807, 2.05) is 0 Å². The summed E-state index contributed by atoms with van der Waals surface area (Å²) in [5.41, 5.74) is -1.05. The van der Waals surface area contributed by atoms with Crippen molar-refractivity contribution in [2.45, 2.75) is 12.5 Å². The van der Waals surface area contributed by atoms with E-state index in [4.69, 9.17) is 16.3 Å². The van der Waals surface area contributed by atoms with Crippen molar-refractivity contribution in [1.29, 1.82) is 0 Å². The molecule has 0 saturated carbocycles. The third-order valence-corrected chi connectivity index (χ3v) is 2.28. The molecule has 1 aromatic rings. The third-order valence-electron chi connectivity index (χ3n) is 1.97. The number of hydrogen-bond acceptors (Lipinski definition) is 3. The molecule has 4 heteroatoms. The van der Waals surface area contributed by atoms with E-state index in [0.717, 1.165) is 0 Å². The number of halogens is 1. The Morgan fingerprint density at radius 1 is 1.57 bits per heavy atom. The highest BCUT2D eigenvalue weighted by atomic mass is 35.5. The zero-order chi connectivity index (χ0) is 10.8. The first-order valence-corrected chi connectivity index (χ1v) is 4.42. The van der Waals surface area contributed by atoms with Crippen molar-refractivity contribution in [3.05, 3.63) is 28.8 Å². The summed E-state index contributed by atoms with van der Waals surface area (Å²) in [6.07, 6.45) is 0.468. The van der Waals surface area contributed by atoms with Gasteiger partial charge in [-0.15, -0.1) is 0 Å². The number of aldehydes is 1. The quantitative estimate of drug-likeness (QED) is 0.780. The van der Waals surface area contributed by atoms with Crippen LogP contribution in [0, 0.1) is 0 Å². The minimum atomic E-state index is -1.50. The summed E-state index contributed by atoms with van der Waals surface area (Å²) in [5, 5.41) is 10.1. The third kappa shape index (κ3) is 2.05. The molecule has 0 bridgehead atoms. The van der Waals surface area contributed by atoms with E-state index in [0.29, 0.717) is 22.6 Å². The van der Waals surface area contributed by atoms with Crippen LogP contribution in [0.4, 0.5) is 0 Å². The molecule has 0 radical (unpaired) electrons. The molecular formula is C10H11ClO3. The molecular weight excluding hydrogens is 204 g/mol. The molecule has 0 aliphatic rings. The number of benzene rings is 1. The summed E-state index contributed by atoms with van der Waals surface area (Å²) in [5.74, 6) is 0.436. The van der Waals surface area contributed by atoms with E-state index in [1.54, 1.807) is 12.1 Å². The van der Waals surface area contributed by atoms with Crippen molar-refractivity contribution in [3.8, 4) is 5.75 Å². The number of carbonyl (C=O) groups excluding carboxylic acids is 1. The minimum Gasteiger partial charge on any atom is -0.495 e. The van der Waals surface area contributed by atoms with Crippen molar-refractivity contribution in [3.63, 3.8) is 0 Å². The van der Waals surface area contributed by atoms with Crippen molar-refractivity contribution in [1.82, 2.24) is 0 Å². The molecule has 0 aliphatic heterocycles. The molecule has 1 N–H and O–H groups in total. The molecule has 0 amide bonds. The fourth-order valence-electron chi connectivity index (χ4n) is 1.04. The number of aliphatic hydroxyl groups is 1. The van der Waals surface area contributed by atoms with Crippen molar-refractivity contribution in [2.75, 3.05) is 7.11 Å². The van der Waals surface area contributed by atoms with E-state index in [2.05, 4.69) is 0 Å². The summed E-state index contributed by atoms with van der Waals surface area (Å²) in [6, 6.07) is 4.70. The molecule has 3 nitrogen and oxygen atoms in total. The maximum atomic E-state index is 10.6. The number of carbonyl (C=O) groups is 1. The first-order chi connectivity index (χ1) is 6.51. The lowest BCUT2D eigenvalue weighted by Gasteiger charge is -2.17. The molecule has 0 aliphatic carbocycles. The molecule has 76 valence electrons. The van der Waals surface area contributed by atoms with Crippen molar-refractivity contribution in [2.24, 2.45) is 0 Å². The Morgan fingerprint density at radius 3 is 2.71 bits per heavy atom. The van der Waals surface area contributed by atoms with Gasteiger partial charge in [0.1, 0.15) is 11.4 Å². The molecule has 1 unspecified atom stereocenters. The average molecular weight is 215 g/mol. The molecule has 0 saturated heterocycles. The van der Waals surface area contributed by atoms with E-state index in [9.17, 15) is 9.90 Å². The Bertz CT molecular complexity index is 347. The summed E-state index contributed by atoms with van der Waals surface area (Å²) < 4.78 is 4.97. The van der Waals surface area contributed by atoms with Crippen LogP contribution in [0.5, 0.6) is 5.75 Å². The highest BCUT2D eigenvalue weighted by Crippen LogP contribution is 2.29. The van der Waals surface area contributed by atoms with Crippen molar-refractivity contribution < 1.29 is 14.6 Å². The largest absolute Gasteiger partial charge is 0.495 e. The topological polar surface area (TPSA) is 46.5 Å². The molecule has 0 spiro atoms. The molecule has 0 heterocycles. The van der Waals surface area contributed by atoms with Crippen LogP contribution in [0.15, 0.2) is 18.2 Å². The molecule has 1 atom stereocenters. The van der Waals surface area contributed by atoms with Gasteiger partial charge in [-0.05, 0) is 24.6 Å². The Labute approximate surface area is 87.3 Å². The summed E-state index contributed by atoms with van der Waals surface area (Å²) in [4.78, 5) is 10.6. The second kappa shape index (κ2) is 3.98. The number of methoxy groups -OCH3 is 1. The van der Waals surface area contributed by atoms with Gasteiger partial charge in [-0.3, -0.25) is 4.79 Å². The average Bonchev–Trinajstić information content (AvgIpc) is 2.18. The second-order valence-corrected chi connectivity index (χ2v) is 3.52. The van der Waals surface area contributed by atoms with Gasteiger partial charge in [-0.1, -0.05) is 17.7 Å². The van der Waals surface area contributed by atoms with Crippen LogP contribution >= 0.6 is 11.6 Å². The van der Waals surface area contributed by atoms with E-state index in [-0.39, 0.29) is 0 Å². The van der Waals surface area contributed by atoms with Gasteiger partial charge in [0, 0.05) is 0 Å². The summed E-state index contributed by atoms with van der Waals surface area (Å²) in [7, 11) is 1.47. The van der Waals surface area contributed by atoms with Crippen LogP contribution in [0.2, 0.25) is 5.02 Å². The van der Waals surface area contributed by atoms with E-state index in [1.165, 1.54) is 20.1 Å². The Morgan fingerprint density at radius 2 is 2.21 bits per heavy atom. The first kappa shape index (κ1) is 11.0. The van der Waals surface area contributed by atoms with Gasteiger partial charge < -0.3 is 9.84 Å². The standard InChI is InChI=1S/C10H11ClO3/c1-10(13,6-12)7-3-4-8(11)9(5-7)14-2/h3-6,13H,1-2H3. The minimum absolute atomic E-state index is 0.436. The van der Waals surface area contributed by atoms with Crippen LogP contribution in [0.25, 0.3) is 0 Å². The predicted molar refractivity (Wildman–Crippen MR) is 53.6 cm³/mol. The van der Waals surface area contributed by atoms with Crippen LogP contribution < -0.4 is 4.74 Å². The maximum absolute atomic E-state index is 10.6. The van der Waals surface area contributed by atoms with Crippen LogP contribution in [0.1, 0.15) is 12.5 Å². The first-order valence-electron chi connectivity index (χ1n) is 4.04. The maximum Gasteiger partial charge on any atom is 0.155 e. The molecule has 14 heavy (non-hydrogen) atoms. The summed E-state index contributed by atoms with van der Waals surface area (Å²) >= 11 is 5.79. The van der Waals surface area contributed by atoms with Gasteiger partial charge in [0.05, 0.1) is 12.1 Å². The Kier molecular flexibility index (Phi) is 3.13. The van der Waals surface area contributed by atoms with Gasteiger partial charge in [0.2, 0.25) is 0 Å². The molecule has 1 aromatic carbocycles. The van der Waals surface area contributed by atoms with Gasteiger partial charge >= 0.3 is 0 Å². The monoisotopic (exact) mass is 214 g/mol. The molecule has 0 fully saturated rings. The zero-order valence-corrected chi connectivity index (χ0v) is 8.71. The van der Waals surface area contributed by atoms with Crippen LogP contribution in [-0.2, 0) is 10.4 Å². The van der Waals surface area contributed by atoms with E-state index < -0.39 is 5.60 Å². The smallest absolute Gasteiger partial charge is 0.155 e. The highest BCUT2D eigenvalue weighted by molar-refractivity contribution is 6.32. The van der Waals surface area contributed by atoms with Crippen LogP contribution in [0.3, 0.4) is 0 Å². The lowest BCUT2D eigenvalue weighted by atomic mass is 9.98. The van der Waals surface area contributed by atoms with Crippen molar-refractivity contribution >= 4 is 17.9 Å². The second-order valence-electron chi connectivity index (χ2n) is 3.11. The normalized spacial score (nSPS) is 14.6. The Hall–Kier alpha value is -1.06. The lowest BCUT2D eigenvalue weighted by Crippen LogP contribution is -2.22. The van der Waals surface area contributed by atoms with Gasteiger partial charge in [-0.25, -0.2) is 0 Å². The zero-order valence-electron chi connectivity index (χ0n) is 7.95. The summed E-state index contributed by atoms with van der Waals surface area (Å²) in [6.45, 7) is 1.41. The van der Waals surface area contributed by atoms with Gasteiger partial charge in [-0.2, -0.15) is 0 Å². The fourth-order valence-corrected chi connectivity index (χ4v) is 1.24. The van der Waals surface area contributed by atoms with Gasteiger partial charge in [0.15, 0.2) is 6.29 Å². The Balaban J connectivity index is 3.19. The molecule has 0 aromatic heterocycles. The lowest BCUT2D eigenvalue weighted by molar-refractivity contribution is -0.123. The number of hydrogen-bond donors (Lipinski definition) is 1. The number of ether oxygens (including phenoxy) is 1. The van der Waals surface area contributed by atoms with Crippen LogP contribution in [-0.4, -0.2) is 18.5 Å². The predicted octanol–water partition coefficient (Wildman–Crippen LogP) is 1.75. The number of rotatable bonds is 3. The van der Waals surface area contributed by atoms with Gasteiger partial charge in [0.25, 0.3) is 0 Å². The SMILES string of the molecule is COc1cc(C(C)(O)C=O)ccc1Cl.